The fourth-order valence-corrected chi connectivity index (χ4v) is 4.55. The second kappa shape index (κ2) is 8.30. The molecule has 4 rings (SSSR count). The molecule has 0 aromatic heterocycles. The number of quaternary nitrogens is 1. The number of fused-ring (bicyclic) bond motifs is 1. The molecule has 0 unspecified atom stereocenters. The van der Waals surface area contributed by atoms with Crippen LogP contribution in [0, 0.1) is 5.92 Å². The zero-order chi connectivity index (χ0) is 17.8. The number of ether oxygens (including phenoxy) is 2. The van der Waals surface area contributed by atoms with Crippen molar-refractivity contribution in [3.05, 3.63) is 23.8 Å². The Hall–Kier alpha value is -1.75. The first-order chi connectivity index (χ1) is 12.8. The molecule has 5 nitrogen and oxygen atoms in total. The summed E-state index contributed by atoms with van der Waals surface area (Å²) >= 11 is 0. The Morgan fingerprint density at radius 2 is 1.85 bits per heavy atom. The van der Waals surface area contributed by atoms with E-state index in [0.717, 1.165) is 63.0 Å². The molecule has 3 aliphatic rings. The predicted octanol–water partition coefficient (Wildman–Crippen LogP) is 2.00. The topological polar surface area (TPSA) is 43.2 Å². The molecule has 2 aliphatic heterocycles. The van der Waals surface area contributed by atoms with Crippen molar-refractivity contribution in [3.63, 3.8) is 0 Å². The summed E-state index contributed by atoms with van der Waals surface area (Å²) in [6.07, 6.45) is 8.63. The van der Waals surface area contributed by atoms with Gasteiger partial charge in [-0.05, 0) is 30.5 Å². The summed E-state index contributed by atoms with van der Waals surface area (Å²) in [5.74, 6) is 2.87. The number of piperazine rings is 1. The third kappa shape index (κ3) is 4.32. The molecule has 2 fully saturated rings. The molecule has 0 spiro atoms. The van der Waals surface area contributed by atoms with Gasteiger partial charge in [-0.1, -0.05) is 32.1 Å². The van der Waals surface area contributed by atoms with E-state index in [0.29, 0.717) is 12.7 Å². The molecule has 1 aromatic rings. The van der Waals surface area contributed by atoms with E-state index in [-0.39, 0.29) is 0 Å². The summed E-state index contributed by atoms with van der Waals surface area (Å²) < 4.78 is 10.8. The van der Waals surface area contributed by atoms with Crippen molar-refractivity contribution in [2.75, 3.05) is 33.0 Å². The maximum Gasteiger partial charge on any atom is 0.231 e. The monoisotopic (exact) mass is 359 g/mol. The highest BCUT2D eigenvalue weighted by Crippen LogP contribution is 2.32. The smallest absolute Gasteiger partial charge is 0.231 e. The average Bonchev–Trinajstić information content (AvgIpc) is 3.15. The van der Waals surface area contributed by atoms with Crippen molar-refractivity contribution < 1.29 is 19.2 Å². The molecule has 1 aromatic carbocycles. The van der Waals surface area contributed by atoms with Gasteiger partial charge in [-0.15, -0.1) is 0 Å². The number of nitrogens with one attached hydrogen (secondary N) is 1. The van der Waals surface area contributed by atoms with E-state index < -0.39 is 0 Å². The SMILES string of the molecule is O=C(CCC1CCCCC1)N1CC[NH+](Cc2ccc3c(c2)OCO3)CC1. The summed E-state index contributed by atoms with van der Waals surface area (Å²) in [5, 5.41) is 0. The number of nitrogens with zero attached hydrogens (tertiary/aromatic N) is 1. The molecule has 2 heterocycles. The lowest BCUT2D eigenvalue weighted by Gasteiger charge is -2.33. The van der Waals surface area contributed by atoms with Crippen molar-refractivity contribution in [2.45, 2.75) is 51.5 Å². The van der Waals surface area contributed by atoms with Gasteiger partial charge in [0, 0.05) is 12.0 Å². The Bertz CT molecular complexity index is 620. The molecular formula is C21H31N2O3+. The highest BCUT2D eigenvalue weighted by molar-refractivity contribution is 5.76. The largest absolute Gasteiger partial charge is 0.454 e. The number of benzene rings is 1. The third-order valence-corrected chi connectivity index (χ3v) is 6.21. The predicted molar refractivity (Wildman–Crippen MR) is 99.4 cm³/mol. The van der Waals surface area contributed by atoms with Crippen LogP contribution in [0.3, 0.4) is 0 Å². The van der Waals surface area contributed by atoms with Crippen molar-refractivity contribution in [3.8, 4) is 11.5 Å². The van der Waals surface area contributed by atoms with E-state index in [4.69, 9.17) is 9.47 Å². The summed E-state index contributed by atoms with van der Waals surface area (Å²) in [5.41, 5.74) is 1.28. The zero-order valence-corrected chi connectivity index (χ0v) is 15.7. The van der Waals surface area contributed by atoms with Crippen molar-refractivity contribution >= 4 is 5.91 Å². The average molecular weight is 359 g/mol. The van der Waals surface area contributed by atoms with E-state index in [1.165, 1.54) is 37.7 Å². The van der Waals surface area contributed by atoms with E-state index in [9.17, 15) is 4.79 Å². The minimum absolute atomic E-state index is 0.327. The molecule has 26 heavy (non-hydrogen) atoms. The van der Waals surface area contributed by atoms with Crippen molar-refractivity contribution in [1.82, 2.24) is 4.90 Å². The van der Waals surface area contributed by atoms with E-state index in [2.05, 4.69) is 17.0 Å². The number of carbonyl (C=O) groups excluding carboxylic acids is 1. The summed E-state index contributed by atoms with van der Waals surface area (Å²) in [7, 11) is 0. The molecule has 0 radical (unpaired) electrons. The van der Waals surface area contributed by atoms with Crippen LogP contribution in [0.4, 0.5) is 0 Å². The molecule has 0 bridgehead atoms. The van der Waals surface area contributed by atoms with E-state index >= 15 is 0 Å². The van der Waals surface area contributed by atoms with Gasteiger partial charge in [0.25, 0.3) is 0 Å². The normalized spacial score (nSPS) is 21.2. The fourth-order valence-electron chi connectivity index (χ4n) is 4.55. The minimum Gasteiger partial charge on any atom is -0.454 e. The van der Waals surface area contributed by atoms with Gasteiger partial charge in [0.2, 0.25) is 12.7 Å². The summed E-state index contributed by atoms with van der Waals surface area (Å²) in [6, 6.07) is 6.22. The summed E-state index contributed by atoms with van der Waals surface area (Å²) in [6.45, 7) is 5.16. The Morgan fingerprint density at radius 1 is 1.08 bits per heavy atom. The van der Waals surface area contributed by atoms with Crippen molar-refractivity contribution in [2.24, 2.45) is 5.92 Å². The van der Waals surface area contributed by atoms with Gasteiger partial charge in [0.1, 0.15) is 6.54 Å². The molecule has 5 heteroatoms. The number of hydrogen-bond donors (Lipinski definition) is 1. The molecule has 1 saturated heterocycles. The van der Waals surface area contributed by atoms with Gasteiger partial charge < -0.3 is 19.3 Å². The van der Waals surface area contributed by atoms with E-state index in [1.54, 1.807) is 4.90 Å². The quantitative estimate of drug-likeness (QED) is 0.875. The number of rotatable bonds is 5. The molecule has 0 atom stereocenters. The third-order valence-electron chi connectivity index (χ3n) is 6.21. The lowest BCUT2D eigenvalue weighted by atomic mass is 9.86. The zero-order valence-electron chi connectivity index (χ0n) is 15.7. The second-order valence-corrected chi connectivity index (χ2v) is 8.04. The van der Waals surface area contributed by atoms with Crippen molar-refractivity contribution in [1.29, 1.82) is 0 Å². The number of amides is 1. The number of hydrogen-bond acceptors (Lipinski definition) is 3. The molecule has 1 N–H and O–H groups in total. The lowest BCUT2D eigenvalue weighted by molar-refractivity contribution is -0.917. The van der Waals surface area contributed by atoms with Crippen LogP contribution < -0.4 is 14.4 Å². The molecule has 1 saturated carbocycles. The van der Waals surface area contributed by atoms with Crippen LogP contribution in [0.1, 0.15) is 50.5 Å². The van der Waals surface area contributed by atoms with Crippen LogP contribution in [0.15, 0.2) is 18.2 Å². The molecule has 142 valence electrons. The van der Waals surface area contributed by atoms with Crippen LogP contribution in [0.25, 0.3) is 0 Å². The first-order valence-corrected chi connectivity index (χ1v) is 10.3. The van der Waals surface area contributed by atoms with Gasteiger partial charge in [-0.2, -0.15) is 0 Å². The lowest BCUT2D eigenvalue weighted by Crippen LogP contribution is -3.13. The van der Waals surface area contributed by atoms with Gasteiger partial charge in [0.15, 0.2) is 11.5 Å². The summed E-state index contributed by atoms with van der Waals surface area (Å²) in [4.78, 5) is 16.2. The van der Waals surface area contributed by atoms with Crippen LogP contribution in [0.5, 0.6) is 11.5 Å². The minimum atomic E-state index is 0.327. The highest BCUT2D eigenvalue weighted by atomic mass is 16.7. The fraction of sp³-hybridized carbons (Fsp3) is 0.667. The Labute approximate surface area is 156 Å². The van der Waals surface area contributed by atoms with Crippen LogP contribution in [0.2, 0.25) is 0 Å². The van der Waals surface area contributed by atoms with Crippen LogP contribution in [-0.4, -0.2) is 43.8 Å². The maximum absolute atomic E-state index is 12.5. The Morgan fingerprint density at radius 3 is 2.65 bits per heavy atom. The molecule has 1 aliphatic carbocycles. The number of carbonyl (C=O) groups is 1. The van der Waals surface area contributed by atoms with Gasteiger partial charge in [-0.3, -0.25) is 4.79 Å². The van der Waals surface area contributed by atoms with Crippen LogP contribution >= 0.6 is 0 Å². The highest BCUT2D eigenvalue weighted by Gasteiger charge is 2.25. The maximum atomic E-state index is 12.5. The van der Waals surface area contributed by atoms with Gasteiger partial charge in [0.05, 0.1) is 26.2 Å². The van der Waals surface area contributed by atoms with Gasteiger partial charge >= 0.3 is 0 Å². The molecular weight excluding hydrogens is 328 g/mol. The Kier molecular flexibility index (Phi) is 5.63. The second-order valence-electron chi connectivity index (χ2n) is 8.04. The molecule has 1 amide bonds. The van der Waals surface area contributed by atoms with E-state index in [1.807, 2.05) is 6.07 Å². The first kappa shape index (κ1) is 17.7. The van der Waals surface area contributed by atoms with Gasteiger partial charge in [-0.25, -0.2) is 0 Å². The standard InChI is InChI=1S/C21H30N2O3/c24-21(9-7-17-4-2-1-3-5-17)23-12-10-22(11-13-23)15-18-6-8-19-20(14-18)26-16-25-19/h6,8,14,17H,1-5,7,9-13,15-16H2/p+1. The Balaban J connectivity index is 1.20. The van der Waals surface area contributed by atoms with Crippen LogP contribution in [-0.2, 0) is 11.3 Å². The first-order valence-electron chi connectivity index (χ1n) is 10.3.